The number of aliphatic hydroxyl groups excluding tert-OH is 2. The highest BCUT2D eigenvalue weighted by Gasteiger charge is 2.24. The average Bonchev–Trinajstić information content (AvgIpc) is 3.25. The summed E-state index contributed by atoms with van der Waals surface area (Å²) in [6.07, 6.45) is 61.0. The van der Waals surface area contributed by atoms with Crippen LogP contribution in [-0.2, 0) is 14.3 Å². The minimum atomic E-state index is -0.807. The second-order valence-electron chi connectivity index (χ2n) is 17.2. The van der Waals surface area contributed by atoms with Gasteiger partial charge in [0.2, 0.25) is 5.91 Å². The van der Waals surface area contributed by atoms with Gasteiger partial charge in [-0.2, -0.15) is 0 Å². The third-order valence-corrected chi connectivity index (χ3v) is 11.3. The van der Waals surface area contributed by atoms with Crippen molar-refractivity contribution in [2.75, 3.05) is 6.61 Å². The van der Waals surface area contributed by atoms with Crippen LogP contribution >= 0.6 is 0 Å². The van der Waals surface area contributed by atoms with Crippen LogP contribution in [0.15, 0.2) is 72.9 Å². The fourth-order valence-electron chi connectivity index (χ4n) is 7.40. The zero-order valence-corrected chi connectivity index (χ0v) is 40.0. The molecule has 0 radical (unpaired) electrons. The maximum Gasteiger partial charge on any atom is 0.306 e. The molecule has 1 amide bonds. The van der Waals surface area contributed by atoms with Crippen molar-refractivity contribution >= 4 is 11.9 Å². The van der Waals surface area contributed by atoms with Crippen molar-refractivity contribution in [2.45, 2.75) is 257 Å². The largest absolute Gasteiger partial charge is 0.462 e. The van der Waals surface area contributed by atoms with Crippen molar-refractivity contribution in [3.63, 3.8) is 0 Å². The zero-order valence-electron chi connectivity index (χ0n) is 40.0. The van der Waals surface area contributed by atoms with Crippen molar-refractivity contribution in [1.82, 2.24) is 5.32 Å². The lowest BCUT2D eigenvalue weighted by Gasteiger charge is -2.24. The molecule has 0 aromatic carbocycles. The third-order valence-electron chi connectivity index (χ3n) is 11.3. The summed E-state index contributed by atoms with van der Waals surface area (Å²) in [4.78, 5) is 26.1. The molecule has 0 aromatic heterocycles. The number of unbranched alkanes of at least 4 members (excludes halogenated alkanes) is 21. The Balaban J connectivity index is 4.73. The summed E-state index contributed by atoms with van der Waals surface area (Å²) in [5.74, 6) is -0.551. The average molecular weight is 852 g/mol. The van der Waals surface area contributed by atoms with Crippen LogP contribution in [0, 0.1) is 0 Å². The highest BCUT2D eigenvalue weighted by molar-refractivity contribution is 5.77. The molecule has 3 atom stereocenters. The quantitative estimate of drug-likeness (QED) is 0.0322. The van der Waals surface area contributed by atoms with Crippen molar-refractivity contribution in [3.05, 3.63) is 72.9 Å². The molecular formula is C55H97NO5. The first-order valence-corrected chi connectivity index (χ1v) is 25.7. The maximum absolute atomic E-state index is 13.2. The van der Waals surface area contributed by atoms with Gasteiger partial charge in [0.15, 0.2) is 0 Å². The molecule has 6 heteroatoms. The van der Waals surface area contributed by atoms with E-state index in [1.54, 1.807) is 0 Å². The van der Waals surface area contributed by atoms with Crippen LogP contribution in [0.2, 0.25) is 0 Å². The minimum absolute atomic E-state index is 0.0304. The molecule has 0 aromatic rings. The van der Waals surface area contributed by atoms with Gasteiger partial charge in [-0.3, -0.25) is 9.59 Å². The second-order valence-corrected chi connectivity index (χ2v) is 17.2. The van der Waals surface area contributed by atoms with Crippen molar-refractivity contribution in [2.24, 2.45) is 0 Å². The highest BCUT2D eigenvalue weighted by Crippen LogP contribution is 2.16. The van der Waals surface area contributed by atoms with Crippen LogP contribution in [0.4, 0.5) is 0 Å². The number of esters is 1. The Morgan fingerprint density at radius 3 is 1.39 bits per heavy atom. The van der Waals surface area contributed by atoms with E-state index in [0.29, 0.717) is 19.3 Å². The van der Waals surface area contributed by atoms with Crippen LogP contribution in [0.5, 0.6) is 0 Å². The Kier molecular flexibility index (Phi) is 46.2. The number of allylic oxidation sites excluding steroid dienone is 12. The summed E-state index contributed by atoms with van der Waals surface area (Å²) in [6, 6.07) is -0.724. The third kappa shape index (κ3) is 43.7. The van der Waals surface area contributed by atoms with Crippen molar-refractivity contribution in [1.29, 1.82) is 0 Å². The smallest absolute Gasteiger partial charge is 0.306 e. The van der Waals surface area contributed by atoms with E-state index in [2.05, 4.69) is 99.0 Å². The zero-order chi connectivity index (χ0) is 44.5. The van der Waals surface area contributed by atoms with E-state index in [-0.39, 0.29) is 24.9 Å². The number of hydrogen-bond donors (Lipinski definition) is 3. The fourth-order valence-corrected chi connectivity index (χ4v) is 7.40. The summed E-state index contributed by atoms with van der Waals surface area (Å²) < 4.78 is 5.89. The molecule has 3 unspecified atom stereocenters. The number of amides is 1. The van der Waals surface area contributed by atoms with Gasteiger partial charge < -0.3 is 20.3 Å². The minimum Gasteiger partial charge on any atom is -0.462 e. The Hall–Kier alpha value is -2.70. The SMILES string of the molecule is CC/C=C\C/C=C\C/C=C\C/C=C\C/C=C\CCCC(CC(=O)NC(CO)C(O)CCCCCCCCCCCCCC)OC(=O)CCCCC/C=C\CCCCCCCC. The van der Waals surface area contributed by atoms with Crippen molar-refractivity contribution in [3.8, 4) is 0 Å². The number of carbonyl (C=O) groups excluding carboxylic acids is 2. The lowest BCUT2D eigenvalue weighted by Crippen LogP contribution is -2.46. The molecule has 61 heavy (non-hydrogen) atoms. The summed E-state index contributed by atoms with van der Waals surface area (Å²) in [7, 11) is 0. The van der Waals surface area contributed by atoms with Gasteiger partial charge in [-0.05, 0) is 89.9 Å². The number of rotatable bonds is 45. The molecule has 0 bridgehead atoms. The molecule has 6 nitrogen and oxygen atoms in total. The van der Waals surface area contributed by atoms with E-state index in [1.807, 2.05) is 0 Å². The van der Waals surface area contributed by atoms with Gasteiger partial charge in [0.05, 0.1) is 25.2 Å². The van der Waals surface area contributed by atoms with Gasteiger partial charge in [0.25, 0.3) is 0 Å². The monoisotopic (exact) mass is 852 g/mol. The van der Waals surface area contributed by atoms with Gasteiger partial charge in [-0.15, -0.1) is 0 Å². The first kappa shape index (κ1) is 58.3. The number of carbonyl (C=O) groups is 2. The molecule has 0 heterocycles. The molecule has 0 rings (SSSR count). The van der Waals surface area contributed by atoms with E-state index in [9.17, 15) is 19.8 Å². The topological polar surface area (TPSA) is 95.9 Å². The molecule has 0 aliphatic rings. The highest BCUT2D eigenvalue weighted by atomic mass is 16.5. The van der Waals surface area contributed by atoms with Crippen LogP contribution in [0.3, 0.4) is 0 Å². The fraction of sp³-hybridized carbons (Fsp3) is 0.745. The molecule has 3 N–H and O–H groups in total. The Morgan fingerprint density at radius 2 is 0.902 bits per heavy atom. The number of nitrogens with one attached hydrogen (secondary N) is 1. The molecule has 0 saturated heterocycles. The molecule has 0 saturated carbocycles. The van der Waals surface area contributed by atoms with Crippen LogP contribution < -0.4 is 5.32 Å². The van der Waals surface area contributed by atoms with Gasteiger partial charge in [0, 0.05) is 6.42 Å². The molecule has 0 aliphatic heterocycles. The predicted molar refractivity (Wildman–Crippen MR) is 264 cm³/mol. The van der Waals surface area contributed by atoms with Crippen LogP contribution in [0.1, 0.15) is 239 Å². The summed E-state index contributed by atoms with van der Waals surface area (Å²) in [6.45, 7) is 6.34. The van der Waals surface area contributed by atoms with Crippen molar-refractivity contribution < 1.29 is 24.5 Å². The van der Waals surface area contributed by atoms with Gasteiger partial charge >= 0.3 is 5.97 Å². The van der Waals surface area contributed by atoms with E-state index in [1.165, 1.54) is 96.3 Å². The number of ether oxygens (including phenoxy) is 1. The Morgan fingerprint density at radius 1 is 0.492 bits per heavy atom. The number of hydrogen-bond acceptors (Lipinski definition) is 5. The number of aliphatic hydroxyl groups is 2. The molecular weight excluding hydrogens is 755 g/mol. The standard InChI is InChI=1S/C55H97NO5/c1-4-7-10-13-16-19-22-25-26-27-28-30-31-34-37-40-43-46-51(61-55(60)48-45-42-39-36-33-29-23-20-17-14-11-8-5-2)49-54(59)56-52(50-57)53(58)47-44-41-38-35-32-24-21-18-15-12-9-6-3/h7,10,16,19,25-26,28-30,33-34,37,51-53,57-58H,4-6,8-9,11-15,17-18,20-24,27,31-32,35-36,38-50H2,1-3H3,(H,56,59)/b10-7-,19-16-,26-25-,30-28-,33-29-,37-34-. The Labute approximate surface area is 377 Å². The molecule has 0 aliphatic carbocycles. The lowest BCUT2D eigenvalue weighted by atomic mass is 10.0. The van der Waals surface area contributed by atoms with Gasteiger partial charge in [-0.25, -0.2) is 0 Å². The molecule has 0 spiro atoms. The predicted octanol–water partition coefficient (Wildman–Crippen LogP) is 15.4. The Bertz CT molecular complexity index is 1140. The summed E-state index contributed by atoms with van der Waals surface area (Å²) in [5, 5.41) is 23.7. The van der Waals surface area contributed by atoms with E-state index in [0.717, 1.165) is 96.3 Å². The lowest BCUT2D eigenvalue weighted by molar-refractivity contribution is -0.151. The summed E-state index contributed by atoms with van der Waals surface area (Å²) >= 11 is 0. The normalized spacial score (nSPS) is 13.9. The molecule has 352 valence electrons. The van der Waals surface area contributed by atoms with E-state index in [4.69, 9.17) is 4.74 Å². The van der Waals surface area contributed by atoms with Gasteiger partial charge in [0.1, 0.15) is 6.10 Å². The van der Waals surface area contributed by atoms with Gasteiger partial charge in [-0.1, -0.05) is 209 Å². The van der Waals surface area contributed by atoms with E-state index < -0.39 is 18.2 Å². The van der Waals surface area contributed by atoms with E-state index >= 15 is 0 Å². The van der Waals surface area contributed by atoms with Crippen LogP contribution in [0.25, 0.3) is 0 Å². The maximum atomic E-state index is 13.2. The molecule has 0 fully saturated rings. The first-order valence-electron chi connectivity index (χ1n) is 25.7. The first-order chi connectivity index (χ1) is 30.0. The van der Waals surface area contributed by atoms with Crippen LogP contribution in [-0.4, -0.2) is 46.9 Å². The second kappa shape index (κ2) is 48.3. The summed E-state index contributed by atoms with van der Waals surface area (Å²) in [5.41, 5.74) is 0.